The first kappa shape index (κ1) is 12.9. The Labute approximate surface area is 109 Å². The Balaban J connectivity index is 2.41. The predicted octanol–water partition coefficient (Wildman–Crippen LogP) is 3.32. The van der Waals surface area contributed by atoms with Gasteiger partial charge in [-0.15, -0.1) is 0 Å². The SMILES string of the molecule is CCCOc1cc2c(cc1O)C(C)=NC(C)(C)C2. The summed E-state index contributed by atoms with van der Waals surface area (Å²) < 4.78 is 5.57. The lowest BCUT2D eigenvalue weighted by atomic mass is 9.87. The molecule has 0 atom stereocenters. The van der Waals surface area contributed by atoms with Crippen molar-refractivity contribution in [1.29, 1.82) is 0 Å². The highest BCUT2D eigenvalue weighted by Crippen LogP contribution is 2.35. The van der Waals surface area contributed by atoms with E-state index in [4.69, 9.17) is 4.74 Å². The second-order valence-electron chi connectivity index (χ2n) is 5.51. The van der Waals surface area contributed by atoms with E-state index in [-0.39, 0.29) is 11.3 Å². The van der Waals surface area contributed by atoms with Crippen molar-refractivity contribution in [3.63, 3.8) is 0 Å². The summed E-state index contributed by atoms with van der Waals surface area (Å²) in [6.07, 6.45) is 1.81. The molecule has 1 N–H and O–H groups in total. The van der Waals surface area contributed by atoms with Crippen LogP contribution in [0, 0.1) is 0 Å². The van der Waals surface area contributed by atoms with E-state index in [2.05, 4.69) is 25.8 Å². The Bertz CT molecular complexity index is 490. The molecule has 0 fully saturated rings. The molecule has 3 nitrogen and oxygen atoms in total. The largest absolute Gasteiger partial charge is 0.504 e. The number of aromatic hydroxyl groups is 1. The lowest BCUT2D eigenvalue weighted by Crippen LogP contribution is -2.27. The maximum Gasteiger partial charge on any atom is 0.161 e. The number of fused-ring (bicyclic) bond motifs is 1. The third-order valence-electron chi connectivity index (χ3n) is 3.13. The zero-order chi connectivity index (χ0) is 13.3. The fourth-order valence-electron chi connectivity index (χ4n) is 2.44. The van der Waals surface area contributed by atoms with Gasteiger partial charge in [-0.05, 0) is 51.3 Å². The molecule has 0 spiro atoms. The van der Waals surface area contributed by atoms with Gasteiger partial charge < -0.3 is 9.84 Å². The van der Waals surface area contributed by atoms with Crippen LogP contribution in [0.4, 0.5) is 0 Å². The van der Waals surface area contributed by atoms with E-state index >= 15 is 0 Å². The highest BCUT2D eigenvalue weighted by atomic mass is 16.5. The third-order valence-corrected chi connectivity index (χ3v) is 3.13. The first-order chi connectivity index (χ1) is 8.43. The van der Waals surface area contributed by atoms with Gasteiger partial charge in [0, 0.05) is 11.3 Å². The molecule has 0 aromatic heterocycles. The van der Waals surface area contributed by atoms with Crippen LogP contribution in [0.2, 0.25) is 0 Å². The quantitative estimate of drug-likeness (QED) is 0.890. The third kappa shape index (κ3) is 2.50. The number of nitrogens with zero attached hydrogens (tertiary/aromatic N) is 1. The number of hydrogen-bond donors (Lipinski definition) is 1. The minimum absolute atomic E-state index is 0.0733. The fourth-order valence-corrected chi connectivity index (χ4v) is 2.44. The van der Waals surface area contributed by atoms with Crippen molar-refractivity contribution in [3.05, 3.63) is 23.3 Å². The summed E-state index contributed by atoms with van der Waals surface area (Å²) >= 11 is 0. The molecule has 1 heterocycles. The molecule has 0 aliphatic carbocycles. The van der Waals surface area contributed by atoms with Gasteiger partial charge in [-0.3, -0.25) is 4.99 Å². The van der Waals surface area contributed by atoms with Crippen LogP contribution in [-0.4, -0.2) is 23.0 Å². The van der Waals surface area contributed by atoms with Crippen LogP contribution in [0.25, 0.3) is 0 Å². The predicted molar refractivity (Wildman–Crippen MR) is 73.9 cm³/mol. The maximum atomic E-state index is 9.96. The standard InChI is InChI=1S/C15H21NO2/c1-5-6-18-14-7-11-9-15(3,4)16-10(2)12(11)8-13(14)17/h7-8,17H,5-6,9H2,1-4H3. The van der Waals surface area contributed by atoms with Crippen LogP contribution in [-0.2, 0) is 6.42 Å². The minimum atomic E-state index is -0.0733. The van der Waals surface area contributed by atoms with Crippen LogP contribution >= 0.6 is 0 Å². The lowest BCUT2D eigenvalue weighted by molar-refractivity contribution is 0.298. The molecule has 0 bridgehead atoms. The molecule has 1 aromatic carbocycles. The van der Waals surface area contributed by atoms with Crippen molar-refractivity contribution in [3.8, 4) is 11.5 Å². The van der Waals surface area contributed by atoms with Crippen molar-refractivity contribution in [2.45, 2.75) is 46.1 Å². The Hall–Kier alpha value is -1.51. The summed E-state index contributed by atoms with van der Waals surface area (Å²) in [6.45, 7) is 8.92. The molecular formula is C15H21NO2. The van der Waals surface area contributed by atoms with Gasteiger partial charge in [-0.1, -0.05) is 6.92 Å². The van der Waals surface area contributed by atoms with Crippen molar-refractivity contribution < 1.29 is 9.84 Å². The number of rotatable bonds is 3. The van der Waals surface area contributed by atoms with Crippen LogP contribution in [0.3, 0.4) is 0 Å². The van der Waals surface area contributed by atoms with E-state index in [0.29, 0.717) is 12.4 Å². The highest BCUT2D eigenvalue weighted by molar-refractivity contribution is 6.01. The van der Waals surface area contributed by atoms with Crippen LogP contribution < -0.4 is 4.74 Å². The lowest BCUT2D eigenvalue weighted by Gasteiger charge is -2.28. The molecule has 18 heavy (non-hydrogen) atoms. The highest BCUT2D eigenvalue weighted by Gasteiger charge is 2.26. The summed E-state index contributed by atoms with van der Waals surface area (Å²) in [5, 5.41) is 9.96. The topological polar surface area (TPSA) is 41.8 Å². The zero-order valence-corrected chi connectivity index (χ0v) is 11.6. The van der Waals surface area contributed by atoms with Gasteiger partial charge in [0.2, 0.25) is 0 Å². The molecule has 3 heteroatoms. The molecule has 1 aliphatic rings. The van der Waals surface area contributed by atoms with Gasteiger partial charge in [0.1, 0.15) is 0 Å². The van der Waals surface area contributed by atoms with Gasteiger partial charge in [0.05, 0.1) is 12.1 Å². The van der Waals surface area contributed by atoms with E-state index in [1.165, 1.54) is 5.56 Å². The monoisotopic (exact) mass is 247 g/mol. The Kier molecular flexibility index (Phi) is 3.33. The van der Waals surface area contributed by atoms with E-state index in [0.717, 1.165) is 24.1 Å². The normalized spacial score (nSPS) is 17.0. The van der Waals surface area contributed by atoms with Gasteiger partial charge in [0.25, 0.3) is 0 Å². The van der Waals surface area contributed by atoms with Crippen LogP contribution in [0.1, 0.15) is 45.2 Å². The number of hydrogen-bond acceptors (Lipinski definition) is 3. The fraction of sp³-hybridized carbons (Fsp3) is 0.533. The first-order valence-corrected chi connectivity index (χ1v) is 6.48. The Morgan fingerprint density at radius 2 is 2.11 bits per heavy atom. The van der Waals surface area contributed by atoms with E-state index in [9.17, 15) is 5.11 Å². The molecule has 0 saturated heterocycles. The van der Waals surface area contributed by atoms with E-state index in [1.54, 1.807) is 6.07 Å². The van der Waals surface area contributed by atoms with Crippen LogP contribution in [0.15, 0.2) is 17.1 Å². The first-order valence-electron chi connectivity index (χ1n) is 6.48. The summed E-state index contributed by atoms with van der Waals surface area (Å²) in [4.78, 5) is 4.65. The van der Waals surface area contributed by atoms with Gasteiger partial charge in [-0.2, -0.15) is 0 Å². The number of ether oxygens (including phenoxy) is 1. The molecule has 0 radical (unpaired) electrons. The maximum absolute atomic E-state index is 9.96. The zero-order valence-electron chi connectivity index (χ0n) is 11.6. The smallest absolute Gasteiger partial charge is 0.161 e. The number of aliphatic imine (C=N–C) groups is 1. The summed E-state index contributed by atoms with van der Waals surface area (Å²) in [5.41, 5.74) is 3.15. The van der Waals surface area contributed by atoms with Crippen molar-refractivity contribution in [2.24, 2.45) is 4.99 Å². The second kappa shape index (κ2) is 4.63. The van der Waals surface area contributed by atoms with Crippen molar-refractivity contribution in [2.75, 3.05) is 6.61 Å². The van der Waals surface area contributed by atoms with E-state index < -0.39 is 0 Å². The summed E-state index contributed by atoms with van der Waals surface area (Å²) in [6, 6.07) is 3.73. The number of phenolic OH excluding ortho intramolecular Hbond substituents is 1. The number of benzene rings is 1. The molecule has 98 valence electrons. The van der Waals surface area contributed by atoms with Gasteiger partial charge in [-0.25, -0.2) is 0 Å². The molecule has 0 unspecified atom stereocenters. The van der Waals surface area contributed by atoms with E-state index in [1.807, 2.05) is 13.0 Å². The molecule has 0 saturated carbocycles. The average Bonchev–Trinajstić information content (AvgIpc) is 2.26. The summed E-state index contributed by atoms with van der Waals surface area (Å²) in [5.74, 6) is 0.789. The molecule has 1 aliphatic heterocycles. The van der Waals surface area contributed by atoms with Gasteiger partial charge in [0.15, 0.2) is 11.5 Å². The Morgan fingerprint density at radius 1 is 1.39 bits per heavy atom. The molecule has 0 amide bonds. The Morgan fingerprint density at radius 3 is 2.78 bits per heavy atom. The van der Waals surface area contributed by atoms with Crippen molar-refractivity contribution >= 4 is 5.71 Å². The second-order valence-corrected chi connectivity index (χ2v) is 5.51. The molecule has 1 aromatic rings. The molecule has 2 rings (SSSR count). The van der Waals surface area contributed by atoms with Gasteiger partial charge >= 0.3 is 0 Å². The number of phenols is 1. The minimum Gasteiger partial charge on any atom is -0.504 e. The molecular weight excluding hydrogens is 226 g/mol. The van der Waals surface area contributed by atoms with Crippen molar-refractivity contribution in [1.82, 2.24) is 0 Å². The average molecular weight is 247 g/mol. The van der Waals surface area contributed by atoms with Crippen LogP contribution in [0.5, 0.6) is 11.5 Å². The summed E-state index contributed by atoms with van der Waals surface area (Å²) in [7, 11) is 0.